The van der Waals surface area contributed by atoms with E-state index in [-0.39, 0.29) is 5.15 Å². The summed E-state index contributed by atoms with van der Waals surface area (Å²) in [4.78, 5) is 14.6. The van der Waals surface area contributed by atoms with Crippen LogP contribution in [0.2, 0.25) is 10.2 Å². The van der Waals surface area contributed by atoms with E-state index in [1.54, 1.807) is 24.3 Å². The summed E-state index contributed by atoms with van der Waals surface area (Å²) in [5, 5.41) is 10.2. The Kier molecular flexibility index (Phi) is 3.31. The van der Waals surface area contributed by atoms with Gasteiger partial charge in [-0.2, -0.15) is 0 Å². The second-order valence-electron chi connectivity index (χ2n) is 3.38. The smallest absolute Gasteiger partial charge is 0.328 e. The number of pyridine rings is 1. The minimum atomic E-state index is -1.03. The van der Waals surface area contributed by atoms with Crippen molar-refractivity contribution in [1.29, 1.82) is 0 Å². The Hall–Kier alpha value is -1.58. The predicted molar refractivity (Wildman–Crippen MR) is 68.4 cm³/mol. The number of rotatable bonds is 2. The summed E-state index contributed by atoms with van der Waals surface area (Å²) in [6.45, 7) is 0. The molecule has 0 aliphatic carbocycles. The normalized spacial score (nSPS) is 11.2. The fraction of sp³-hybridized carbons (Fsp3) is 0. The van der Waals surface area contributed by atoms with E-state index in [1.807, 2.05) is 0 Å². The van der Waals surface area contributed by atoms with E-state index in [2.05, 4.69) is 4.98 Å². The quantitative estimate of drug-likeness (QED) is 0.668. The van der Waals surface area contributed by atoms with Crippen molar-refractivity contribution in [1.82, 2.24) is 4.98 Å². The number of hydrogen-bond donors (Lipinski definition) is 1. The molecule has 1 aromatic heterocycles. The third kappa shape index (κ3) is 2.75. The van der Waals surface area contributed by atoms with E-state index < -0.39 is 5.97 Å². The van der Waals surface area contributed by atoms with Crippen molar-refractivity contribution >= 4 is 46.2 Å². The molecular formula is C12H7Cl2NO2. The zero-order valence-electron chi connectivity index (χ0n) is 8.52. The second-order valence-corrected chi connectivity index (χ2v) is 4.17. The SMILES string of the molecule is O=C(O)/C=C/c1cc2ccc(Cl)cc2nc1Cl. The van der Waals surface area contributed by atoms with Gasteiger partial charge in [-0.1, -0.05) is 29.3 Å². The summed E-state index contributed by atoms with van der Waals surface area (Å²) >= 11 is 11.8. The van der Waals surface area contributed by atoms with E-state index in [1.165, 1.54) is 6.08 Å². The van der Waals surface area contributed by atoms with Crippen molar-refractivity contribution in [3.05, 3.63) is 46.1 Å². The maximum atomic E-state index is 10.4. The van der Waals surface area contributed by atoms with Gasteiger partial charge in [0.25, 0.3) is 0 Å². The van der Waals surface area contributed by atoms with Gasteiger partial charge >= 0.3 is 5.97 Å². The van der Waals surface area contributed by atoms with E-state index in [4.69, 9.17) is 28.3 Å². The first-order valence-electron chi connectivity index (χ1n) is 4.73. The van der Waals surface area contributed by atoms with Crippen LogP contribution in [0.5, 0.6) is 0 Å². The Balaban J connectivity index is 2.55. The summed E-state index contributed by atoms with van der Waals surface area (Å²) in [5.74, 6) is -1.03. The fourth-order valence-corrected chi connectivity index (χ4v) is 1.79. The summed E-state index contributed by atoms with van der Waals surface area (Å²) in [5.41, 5.74) is 1.24. The molecule has 0 aliphatic rings. The van der Waals surface area contributed by atoms with Crippen molar-refractivity contribution in [2.75, 3.05) is 0 Å². The highest BCUT2D eigenvalue weighted by molar-refractivity contribution is 6.32. The highest BCUT2D eigenvalue weighted by Gasteiger charge is 2.03. The molecule has 0 saturated heterocycles. The third-order valence-corrected chi connectivity index (χ3v) is 2.70. The lowest BCUT2D eigenvalue weighted by atomic mass is 10.1. The lowest BCUT2D eigenvalue weighted by Gasteiger charge is -2.02. The topological polar surface area (TPSA) is 50.2 Å². The zero-order chi connectivity index (χ0) is 12.4. The van der Waals surface area contributed by atoms with Crippen LogP contribution in [0.15, 0.2) is 30.3 Å². The summed E-state index contributed by atoms with van der Waals surface area (Å²) in [6.07, 6.45) is 2.43. The van der Waals surface area contributed by atoms with E-state index in [0.717, 1.165) is 11.5 Å². The molecule has 0 atom stereocenters. The van der Waals surface area contributed by atoms with Crippen molar-refractivity contribution in [2.24, 2.45) is 0 Å². The largest absolute Gasteiger partial charge is 0.478 e. The molecule has 86 valence electrons. The molecule has 0 amide bonds. The summed E-state index contributed by atoms with van der Waals surface area (Å²) in [7, 11) is 0. The molecule has 3 nitrogen and oxygen atoms in total. The number of carboxylic acid groups (broad SMARTS) is 1. The Morgan fingerprint density at radius 2 is 2.06 bits per heavy atom. The van der Waals surface area contributed by atoms with Gasteiger partial charge in [0, 0.05) is 22.0 Å². The molecule has 1 aromatic carbocycles. The minimum absolute atomic E-state index is 0.247. The van der Waals surface area contributed by atoms with Gasteiger partial charge in [0.15, 0.2) is 0 Å². The van der Waals surface area contributed by atoms with Gasteiger partial charge in [-0.15, -0.1) is 0 Å². The van der Waals surface area contributed by atoms with Gasteiger partial charge in [-0.05, 0) is 24.3 Å². The molecule has 1 heterocycles. The van der Waals surface area contributed by atoms with Crippen molar-refractivity contribution in [3.8, 4) is 0 Å². The molecule has 17 heavy (non-hydrogen) atoms. The second kappa shape index (κ2) is 4.73. The molecule has 0 unspecified atom stereocenters. The third-order valence-electron chi connectivity index (χ3n) is 2.17. The molecule has 0 spiro atoms. The first-order chi connectivity index (χ1) is 8.06. The standard InChI is InChI=1S/C12H7Cl2NO2/c13-9-3-1-7-5-8(2-4-11(16)17)12(14)15-10(7)6-9/h1-6H,(H,16,17)/b4-2+. The number of hydrogen-bond acceptors (Lipinski definition) is 2. The number of aromatic nitrogens is 1. The molecule has 1 N–H and O–H groups in total. The van der Waals surface area contributed by atoms with Crippen molar-refractivity contribution < 1.29 is 9.90 Å². The lowest BCUT2D eigenvalue weighted by Crippen LogP contribution is -1.88. The fourth-order valence-electron chi connectivity index (χ4n) is 1.41. The van der Waals surface area contributed by atoms with Crippen molar-refractivity contribution in [2.45, 2.75) is 0 Å². The van der Waals surface area contributed by atoms with Gasteiger partial charge in [-0.25, -0.2) is 9.78 Å². The Bertz CT molecular complexity index is 623. The number of fused-ring (bicyclic) bond motifs is 1. The number of carbonyl (C=O) groups is 1. The van der Waals surface area contributed by atoms with Gasteiger partial charge in [0.1, 0.15) is 5.15 Å². The molecule has 0 bridgehead atoms. The number of aliphatic carboxylic acids is 1. The molecule has 0 fully saturated rings. The highest BCUT2D eigenvalue weighted by atomic mass is 35.5. The molecule has 5 heteroatoms. The van der Waals surface area contributed by atoms with Gasteiger partial charge in [0.05, 0.1) is 5.52 Å². The van der Waals surface area contributed by atoms with Crippen LogP contribution in [0.25, 0.3) is 17.0 Å². The summed E-state index contributed by atoms with van der Waals surface area (Å²) in [6, 6.07) is 7.01. The Morgan fingerprint density at radius 3 is 2.76 bits per heavy atom. The molecule has 0 saturated carbocycles. The Labute approximate surface area is 107 Å². The number of benzene rings is 1. The van der Waals surface area contributed by atoms with Crippen LogP contribution in [-0.4, -0.2) is 16.1 Å². The highest BCUT2D eigenvalue weighted by Crippen LogP contribution is 2.24. The molecular weight excluding hydrogens is 261 g/mol. The molecule has 2 rings (SSSR count). The maximum absolute atomic E-state index is 10.4. The minimum Gasteiger partial charge on any atom is -0.478 e. The van der Waals surface area contributed by atoms with Crippen LogP contribution in [-0.2, 0) is 4.79 Å². The maximum Gasteiger partial charge on any atom is 0.328 e. The van der Waals surface area contributed by atoms with Crippen LogP contribution in [0, 0.1) is 0 Å². The van der Waals surface area contributed by atoms with Crippen LogP contribution in [0.4, 0.5) is 0 Å². The van der Waals surface area contributed by atoms with Gasteiger partial charge < -0.3 is 5.11 Å². The zero-order valence-corrected chi connectivity index (χ0v) is 10.0. The van der Waals surface area contributed by atoms with Crippen molar-refractivity contribution in [3.63, 3.8) is 0 Å². The van der Waals surface area contributed by atoms with Crippen LogP contribution >= 0.6 is 23.2 Å². The number of nitrogens with zero attached hydrogens (tertiary/aromatic N) is 1. The Morgan fingerprint density at radius 1 is 1.29 bits per heavy atom. The number of carboxylic acids is 1. The molecule has 0 aliphatic heterocycles. The average molecular weight is 268 g/mol. The molecule has 2 aromatic rings. The summed E-state index contributed by atoms with van der Waals surface area (Å²) < 4.78 is 0. The van der Waals surface area contributed by atoms with Gasteiger partial charge in [-0.3, -0.25) is 0 Å². The van der Waals surface area contributed by atoms with Crippen LogP contribution in [0.3, 0.4) is 0 Å². The predicted octanol–water partition coefficient (Wildman–Crippen LogP) is 3.64. The number of halogens is 2. The first kappa shape index (κ1) is 11.9. The first-order valence-corrected chi connectivity index (χ1v) is 5.48. The van der Waals surface area contributed by atoms with E-state index >= 15 is 0 Å². The van der Waals surface area contributed by atoms with Crippen LogP contribution in [0.1, 0.15) is 5.56 Å². The van der Waals surface area contributed by atoms with Crippen LogP contribution < -0.4 is 0 Å². The average Bonchev–Trinajstić information content (AvgIpc) is 2.26. The van der Waals surface area contributed by atoms with Gasteiger partial charge in [0.2, 0.25) is 0 Å². The van der Waals surface area contributed by atoms with E-state index in [0.29, 0.717) is 16.1 Å². The molecule has 0 radical (unpaired) electrons. The lowest BCUT2D eigenvalue weighted by molar-refractivity contribution is -0.131. The monoisotopic (exact) mass is 267 g/mol. The van der Waals surface area contributed by atoms with E-state index in [9.17, 15) is 4.79 Å².